The maximum Gasteiger partial charge on any atom is 0.277 e. The van der Waals surface area contributed by atoms with Crippen LogP contribution in [-0.2, 0) is 0 Å². The van der Waals surface area contributed by atoms with Crippen LogP contribution in [0.1, 0.15) is 21.1 Å². The number of carbonyl (C=O) groups is 1. The molecule has 0 saturated heterocycles. The van der Waals surface area contributed by atoms with Gasteiger partial charge in [0.2, 0.25) is 0 Å². The van der Waals surface area contributed by atoms with Gasteiger partial charge in [0, 0.05) is 22.7 Å². The third-order valence-electron chi connectivity index (χ3n) is 3.72. The molecule has 3 heterocycles. The third-order valence-corrected chi connectivity index (χ3v) is 5.60. The summed E-state index contributed by atoms with van der Waals surface area (Å²) in [6, 6.07) is 7.74. The van der Waals surface area contributed by atoms with Crippen molar-refractivity contribution in [3.8, 4) is 10.8 Å². The normalized spacial score (nSPS) is 11.3. The Morgan fingerprint density at radius 2 is 2.12 bits per heavy atom. The molecule has 0 spiro atoms. The van der Waals surface area contributed by atoms with E-state index in [0.717, 1.165) is 26.5 Å². The molecule has 4 aromatic rings. The van der Waals surface area contributed by atoms with Gasteiger partial charge in [-0.3, -0.25) is 4.79 Å². The number of benzene rings is 1. The number of aromatic nitrogens is 4. The minimum Gasteiger partial charge on any atom is -0.410 e. The number of hydrogen-bond acceptors (Lipinski definition) is 7. The summed E-state index contributed by atoms with van der Waals surface area (Å²) in [6.07, 6.45) is 1.75. The number of nitrogens with one attached hydrogen (secondary N) is 1. The molecule has 126 valence electrons. The SMILES string of the molecule is Cc1nc(C)c(-c2nnc(SCC(=O)c3c[nH]c4ccccc34)o2)s1. The van der Waals surface area contributed by atoms with Crippen LogP contribution in [0.3, 0.4) is 0 Å². The molecule has 1 N–H and O–H groups in total. The lowest BCUT2D eigenvalue weighted by atomic mass is 10.1. The fourth-order valence-electron chi connectivity index (χ4n) is 2.60. The second-order valence-electron chi connectivity index (χ2n) is 5.48. The molecule has 0 aliphatic rings. The predicted molar refractivity (Wildman–Crippen MR) is 98.2 cm³/mol. The van der Waals surface area contributed by atoms with Crippen molar-refractivity contribution in [3.05, 3.63) is 46.7 Å². The smallest absolute Gasteiger partial charge is 0.277 e. The minimum atomic E-state index is 0.0204. The molecule has 0 bridgehead atoms. The van der Waals surface area contributed by atoms with Crippen LogP contribution >= 0.6 is 23.1 Å². The van der Waals surface area contributed by atoms with Crippen LogP contribution in [0.15, 0.2) is 40.1 Å². The number of aromatic amines is 1. The van der Waals surface area contributed by atoms with Gasteiger partial charge in [-0.25, -0.2) is 4.98 Å². The van der Waals surface area contributed by atoms with Crippen molar-refractivity contribution in [3.63, 3.8) is 0 Å². The zero-order valence-corrected chi connectivity index (χ0v) is 15.2. The molecular formula is C17H14N4O2S2. The van der Waals surface area contributed by atoms with Gasteiger partial charge in [-0.05, 0) is 19.9 Å². The largest absolute Gasteiger partial charge is 0.410 e. The minimum absolute atomic E-state index is 0.0204. The highest BCUT2D eigenvalue weighted by Gasteiger charge is 2.17. The standard InChI is InChI=1S/C17H14N4O2S2/c1-9-15(25-10(2)19-9)16-20-21-17(23-16)24-8-14(22)12-7-18-13-6-4-3-5-11(12)13/h3-7,18H,8H2,1-2H3. The summed E-state index contributed by atoms with van der Waals surface area (Å²) in [5.74, 6) is 0.710. The second-order valence-corrected chi connectivity index (χ2v) is 7.61. The molecule has 25 heavy (non-hydrogen) atoms. The number of aryl methyl sites for hydroxylation is 2. The van der Waals surface area contributed by atoms with Crippen LogP contribution < -0.4 is 0 Å². The highest BCUT2D eigenvalue weighted by atomic mass is 32.2. The monoisotopic (exact) mass is 370 g/mol. The van der Waals surface area contributed by atoms with E-state index in [2.05, 4.69) is 20.2 Å². The summed E-state index contributed by atoms with van der Waals surface area (Å²) < 4.78 is 5.67. The number of para-hydroxylation sites is 1. The molecular weight excluding hydrogens is 356 g/mol. The highest BCUT2D eigenvalue weighted by molar-refractivity contribution is 7.99. The first-order valence-corrected chi connectivity index (χ1v) is 9.42. The molecule has 4 rings (SSSR count). The number of carbonyl (C=O) groups excluding carboxylic acids is 1. The van der Waals surface area contributed by atoms with E-state index < -0.39 is 0 Å². The van der Waals surface area contributed by atoms with E-state index in [4.69, 9.17) is 4.42 Å². The third kappa shape index (κ3) is 3.10. The Kier molecular flexibility index (Phi) is 4.14. The Labute approximate surface area is 151 Å². The maximum atomic E-state index is 12.5. The summed E-state index contributed by atoms with van der Waals surface area (Å²) in [5.41, 5.74) is 2.50. The first-order valence-electron chi connectivity index (χ1n) is 7.62. The lowest BCUT2D eigenvalue weighted by Crippen LogP contribution is -2.01. The van der Waals surface area contributed by atoms with Gasteiger partial charge >= 0.3 is 0 Å². The number of nitrogens with zero attached hydrogens (tertiary/aromatic N) is 3. The van der Waals surface area contributed by atoms with Crippen LogP contribution in [0.25, 0.3) is 21.7 Å². The molecule has 0 aliphatic heterocycles. The molecule has 0 amide bonds. The number of thiazole rings is 1. The molecule has 0 fully saturated rings. The van der Waals surface area contributed by atoms with Crippen LogP contribution in [0, 0.1) is 13.8 Å². The van der Waals surface area contributed by atoms with E-state index in [1.54, 1.807) is 6.20 Å². The second kappa shape index (κ2) is 6.45. The van der Waals surface area contributed by atoms with Gasteiger partial charge in [0.15, 0.2) is 5.78 Å². The van der Waals surface area contributed by atoms with Gasteiger partial charge in [-0.15, -0.1) is 21.5 Å². The van der Waals surface area contributed by atoms with Crippen molar-refractivity contribution in [2.75, 3.05) is 5.75 Å². The van der Waals surface area contributed by atoms with E-state index in [1.807, 2.05) is 38.1 Å². The maximum absolute atomic E-state index is 12.5. The lowest BCUT2D eigenvalue weighted by molar-refractivity contribution is 0.102. The van der Waals surface area contributed by atoms with Gasteiger partial charge < -0.3 is 9.40 Å². The lowest BCUT2D eigenvalue weighted by Gasteiger charge is -1.97. The number of Topliss-reactive ketones (excluding diaryl/α,β-unsaturated/α-hetero) is 1. The van der Waals surface area contributed by atoms with Crippen LogP contribution in [0.2, 0.25) is 0 Å². The van der Waals surface area contributed by atoms with Crippen molar-refractivity contribution in [1.29, 1.82) is 0 Å². The van der Waals surface area contributed by atoms with Crippen molar-refractivity contribution in [2.24, 2.45) is 0 Å². The highest BCUT2D eigenvalue weighted by Crippen LogP contribution is 2.31. The predicted octanol–water partition coefficient (Wildman–Crippen LogP) is 4.27. The van der Waals surface area contributed by atoms with Crippen LogP contribution in [-0.4, -0.2) is 31.7 Å². The zero-order chi connectivity index (χ0) is 17.4. The topological polar surface area (TPSA) is 84.7 Å². The number of H-pyrrole nitrogens is 1. The van der Waals surface area contributed by atoms with Crippen molar-refractivity contribution in [1.82, 2.24) is 20.2 Å². The summed E-state index contributed by atoms with van der Waals surface area (Å²) in [7, 11) is 0. The Morgan fingerprint density at radius 3 is 2.92 bits per heavy atom. The molecule has 6 nitrogen and oxygen atoms in total. The van der Waals surface area contributed by atoms with Gasteiger partial charge in [0.25, 0.3) is 11.1 Å². The van der Waals surface area contributed by atoms with Gasteiger partial charge in [-0.1, -0.05) is 30.0 Å². The number of hydrogen-bond donors (Lipinski definition) is 1. The Hall–Kier alpha value is -2.45. The summed E-state index contributed by atoms with van der Waals surface area (Å²) >= 11 is 2.76. The van der Waals surface area contributed by atoms with Gasteiger partial charge in [-0.2, -0.15) is 0 Å². The molecule has 0 atom stereocenters. The van der Waals surface area contributed by atoms with Crippen molar-refractivity contribution < 1.29 is 9.21 Å². The first-order chi connectivity index (χ1) is 12.1. The van der Waals surface area contributed by atoms with Crippen molar-refractivity contribution in [2.45, 2.75) is 19.1 Å². The van der Waals surface area contributed by atoms with E-state index in [9.17, 15) is 4.79 Å². The Balaban J connectivity index is 1.48. The fourth-order valence-corrected chi connectivity index (χ4v) is 4.08. The number of fused-ring (bicyclic) bond motifs is 1. The van der Waals surface area contributed by atoms with Crippen LogP contribution in [0.5, 0.6) is 0 Å². The quantitative estimate of drug-likeness (QED) is 0.417. The molecule has 1 aromatic carbocycles. The first kappa shape index (κ1) is 16.0. The summed E-state index contributed by atoms with van der Waals surface area (Å²) in [4.78, 5) is 20.8. The Morgan fingerprint density at radius 1 is 1.28 bits per heavy atom. The fraction of sp³-hybridized carbons (Fsp3) is 0.176. The van der Waals surface area contributed by atoms with E-state index in [0.29, 0.717) is 16.7 Å². The molecule has 8 heteroatoms. The van der Waals surface area contributed by atoms with E-state index >= 15 is 0 Å². The average Bonchev–Trinajstić information content (AvgIpc) is 3.30. The number of ketones is 1. The van der Waals surface area contributed by atoms with Crippen LogP contribution in [0.4, 0.5) is 0 Å². The summed E-state index contributed by atoms with van der Waals surface area (Å²) in [5, 5.41) is 10.4. The Bertz CT molecular complexity index is 1060. The number of thioether (sulfide) groups is 1. The van der Waals surface area contributed by atoms with E-state index in [1.165, 1.54) is 23.1 Å². The molecule has 0 saturated carbocycles. The molecule has 0 radical (unpaired) electrons. The average molecular weight is 370 g/mol. The van der Waals surface area contributed by atoms with Gasteiger partial charge in [0.1, 0.15) is 4.88 Å². The van der Waals surface area contributed by atoms with E-state index in [-0.39, 0.29) is 11.5 Å². The summed E-state index contributed by atoms with van der Waals surface area (Å²) in [6.45, 7) is 3.85. The molecule has 3 aromatic heterocycles. The molecule has 0 aliphatic carbocycles. The molecule has 0 unspecified atom stereocenters. The van der Waals surface area contributed by atoms with Crippen molar-refractivity contribution >= 4 is 39.8 Å². The van der Waals surface area contributed by atoms with Gasteiger partial charge in [0.05, 0.1) is 16.5 Å². The number of rotatable bonds is 5. The zero-order valence-electron chi connectivity index (χ0n) is 13.6.